The smallest absolute Gasteiger partial charge is 0.361 e. The maximum atomic E-state index is 13.0. The van der Waals surface area contributed by atoms with E-state index in [1.54, 1.807) is 6.07 Å². The number of hydrogen-bond donors (Lipinski definition) is 2. The molecule has 1 saturated heterocycles. The zero-order valence-electron chi connectivity index (χ0n) is 11.2. The van der Waals surface area contributed by atoms with E-state index in [1.165, 1.54) is 17.0 Å². The summed E-state index contributed by atoms with van der Waals surface area (Å²) in [6.45, 7) is 0.431. The molecule has 116 valence electrons. The molecule has 1 fully saturated rings. The second-order valence-electron chi connectivity index (χ2n) is 5.06. The lowest BCUT2D eigenvalue weighted by atomic mass is 9.86. The number of benzene rings is 1. The standard InChI is InChI=1S/C14H16F3NO3/c15-14(16,17)11-4-2-1-3-10(11)9-5-7-18(8-6-9)12(19)13(20)21/h1-4,9,13,20-21H,5-8H2. The van der Waals surface area contributed by atoms with Crippen LogP contribution in [-0.2, 0) is 11.0 Å². The van der Waals surface area contributed by atoms with E-state index in [9.17, 15) is 18.0 Å². The number of hydrogen-bond acceptors (Lipinski definition) is 3. The van der Waals surface area contributed by atoms with Crippen LogP contribution in [0.5, 0.6) is 0 Å². The fraction of sp³-hybridized carbons (Fsp3) is 0.500. The van der Waals surface area contributed by atoms with Gasteiger partial charge in [-0.1, -0.05) is 18.2 Å². The van der Waals surface area contributed by atoms with Gasteiger partial charge in [0.1, 0.15) is 0 Å². The molecular weight excluding hydrogens is 287 g/mol. The SMILES string of the molecule is O=C(C(O)O)N1CCC(c2ccccc2C(F)(F)F)CC1. The van der Waals surface area contributed by atoms with Crippen molar-refractivity contribution in [1.82, 2.24) is 4.90 Å². The van der Waals surface area contributed by atoms with Gasteiger partial charge >= 0.3 is 6.18 Å². The fourth-order valence-corrected chi connectivity index (χ4v) is 2.69. The summed E-state index contributed by atoms with van der Waals surface area (Å²) < 4.78 is 39.0. The van der Waals surface area contributed by atoms with E-state index >= 15 is 0 Å². The Morgan fingerprint density at radius 3 is 2.29 bits per heavy atom. The molecule has 21 heavy (non-hydrogen) atoms. The number of halogens is 3. The van der Waals surface area contributed by atoms with Crippen LogP contribution in [0.4, 0.5) is 13.2 Å². The van der Waals surface area contributed by atoms with E-state index < -0.39 is 23.9 Å². The van der Waals surface area contributed by atoms with Crippen LogP contribution in [0.1, 0.15) is 29.9 Å². The lowest BCUT2D eigenvalue weighted by Crippen LogP contribution is -2.43. The maximum absolute atomic E-state index is 13.0. The van der Waals surface area contributed by atoms with Gasteiger partial charge in [0.25, 0.3) is 5.91 Å². The summed E-state index contributed by atoms with van der Waals surface area (Å²) in [5, 5.41) is 17.6. The van der Waals surface area contributed by atoms with Crippen LogP contribution in [0.3, 0.4) is 0 Å². The Bertz CT molecular complexity index is 508. The van der Waals surface area contributed by atoms with E-state index in [1.807, 2.05) is 0 Å². The molecule has 1 aliphatic heterocycles. The number of piperidine rings is 1. The molecule has 0 radical (unpaired) electrons. The van der Waals surface area contributed by atoms with Crippen molar-refractivity contribution in [3.8, 4) is 0 Å². The first kappa shape index (κ1) is 15.8. The van der Waals surface area contributed by atoms with E-state index in [4.69, 9.17) is 10.2 Å². The minimum Gasteiger partial charge on any atom is -0.361 e. The first-order valence-corrected chi connectivity index (χ1v) is 6.61. The first-order chi connectivity index (χ1) is 9.80. The van der Waals surface area contributed by atoms with Crippen LogP contribution in [0.2, 0.25) is 0 Å². The molecule has 1 aliphatic rings. The van der Waals surface area contributed by atoms with Crippen LogP contribution in [0.15, 0.2) is 24.3 Å². The van der Waals surface area contributed by atoms with Crippen molar-refractivity contribution in [2.45, 2.75) is 31.2 Å². The van der Waals surface area contributed by atoms with Gasteiger partial charge in [-0.05, 0) is 30.4 Å². The highest BCUT2D eigenvalue weighted by molar-refractivity contribution is 5.79. The third-order valence-corrected chi connectivity index (χ3v) is 3.73. The topological polar surface area (TPSA) is 60.8 Å². The number of amides is 1. The molecule has 7 heteroatoms. The number of aliphatic hydroxyl groups is 2. The van der Waals surface area contributed by atoms with Crippen LogP contribution < -0.4 is 0 Å². The fourth-order valence-electron chi connectivity index (χ4n) is 2.69. The van der Waals surface area contributed by atoms with Gasteiger partial charge in [0.05, 0.1) is 5.56 Å². The van der Waals surface area contributed by atoms with Crippen molar-refractivity contribution in [2.24, 2.45) is 0 Å². The maximum Gasteiger partial charge on any atom is 0.416 e. The number of aliphatic hydroxyl groups excluding tert-OH is 1. The van der Waals surface area contributed by atoms with Gasteiger partial charge in [0, 0.05) is 13.1 Å². The van der Waals surface area contributed by atoms with Gasteiger partial charge in [-0.15, -0.1) is 0 Å². The van der Waals surface area contributed by atoms with Gasteiger partial charge in [0.2, 0.25) is 6.29 Å². The Balaban J connectivity index is 2.12. The Hall–Kier alpha value is -1.60. The van der Waals surface area contributed by atoms with Crippen LogP contribution in [-0.4, -0.2) is 40.4 Å². The second kappa shape index (κ2) is 6.03. The van der Waals surface area contributed by atoms with Crippen molar-refractivity contribution >= 4 is 5.91 Å². The molecule has 2 N–H and O–H groups in total. The van der Waals surface area contributed by atoms with Crippen LogP contribution in [0, 0.1) is 0 Å². The minimum absolute atomic E-state index is 0.216. The minimum atomic E-state index is -4.40. The molecule has 0 aliphatic carbocycles. The van der Waals surface area contributed by atoms with Gasteiger partial charge in [-0.3, -0.25) is 4.79 Å². The number of nitrogens with zero attached hydrogens (tertiary/aromatic N) is 1. The second-order valence-corrected chi connectivity index (χ2v) is 5.06. The number of rotatable bonds is 2. The van der Waals surface area contributed by atoms with Crippen molar-refractivity contribution in [2.75, 3.05) is 13.1 Å². The normalized spacial score (nSPS) is 17.3. The lowest BCUT2D eigenvalue weighted by molar-refractivity contribution is -0.160. The summed E-state index contributed by atoms with van der Waals surface area (Å²) in [7, 11) is 0. The molecule has 0 aromatic heterocycles. The molecule has 0 atom stereocenters. The molecule has 0 saturated carbocycles. The molecule has 0 bridgehead atoms. The summed E-state index contributed by atoms with van der Waals surface area (Å²) in [6, 6.07) is 5.45. The van der Waals surface area contributed by atoms with E-state index in [0.29, 0.717) is 12.8 Å². The highest BCUT2D eigenvalue weighted by Gasteiger charge is 2.36. The Morgan fingerprint density at radius 2 is 1.76 bits per heavy atom. The predicted octanol–water partition coefficient (Wildman–Crippen LogP) is 1.72. The Morgan fingerprint density at radius 1 is 1.19 bits per heavy atom. The summed E-state index contributed by atoms with van der Waals surface area (Å²) in [5.41, 5.74) is -0.404. The van der Waals surface area contributed by atoms with Crippen LogP contribution >= 0.6 is 0 Å². The monoisotopic (exact) mass is 303 g/mol. The predicted molar refractivity (Wildman–Crippen MR) is 68.2 cm³/mol. The molecular formula is C14H16F3NO3. The molecule has 1 amide bonds. The summed E-state index contributed by atoms with van der Waals surface area (Å²) >= 11 is 0. The molecule has 1 heterocycles. The zero-order valence-corrected chi connectivity index (χ0v) is 11.2. The number of alkyl halides is 3. The van der Waals surface area contributed by atoms with Gasteiger partial charge in [-0.25, -0.2) is 0 Å². The Labute approximate surface area is 119 Å². The summed E-state index contributed by atoms with van der Waals surface area (Å²) in [4.78, 5) is 12.7. The van der Waals surface area contributed by atoms with Crippen LogP contribution in [0.25, 0.3) is 0 Å². The molecule has 0 unspecified atom stereocenters. The third-order valence-electron chi connectivity index (χ3n) is 3.73. The number of carbonyl (C=O) groups excluding carboxylic acids is 1. The number of carbonyl (C=O) groups is 1. The van der Waals surface area contributed by atoms with E-state index in [-0.39, 0.29) is 24.6 Å². The molecule has 1 aromatic rings. The lowest BCUT2D eigenvalue weighted by Gasteiger charge is -2.33. The van der Waals surface area contributed by atoms with Crippen molar-refractivity contribution in [3.05, 3.63) is 35.4 Å². The quantitative estimate of drug-likeness (QED) is 0.818. The van der Waals surface area contributed by atoms with Gasteiger partial charge in [-0.2, -0.15) is 13.2 Å². The average Bonchev–Trinajstić information content (AvgIpc) is 2.45. The number of likely N-dealkylation sites (tertiary alicyclic amines) is 1. The highest BCUT2D eigenvalue weighted by atomic mass is 19.4. The largest absolute Gasteiger partial charge is 0.416 e. The molecule has 4 nitrogen and oxygen atoms in total. The zero-order chi connectivity index (χ0) is 15.6. The van der Waals surface area contributed by atoms with Gasteiger partial charge < -0.3 is 15.1 Å². The Kier molecular flexibility index (Phi) is 4.53. The first-order valence-electron chi connectivity index (χ1n) is 6.61. The third kappa shape index (κ3) is 3.54. The highest BCUT2D eigenvalue weighted by Crippen LogP contribution is 2.38. The van der Waals surface area contributed by atoms with Crippen molar-refractivity contribution < 1.29 is 28.2 Å². The molecule has 0 spiro atoms. The van der Waals surface area contributed by atoms with Crippen molar-refractivity contribution in [1.29, 1.82) is 0 Å². The van der Waals surface area contributed by atoms with E-state index in [0.717, 1.165) is 6.07 Å². The summed E-state index contributed by atoms with van der Waals surface area (Å²) in [5.74, 6) is -1.10. The van der Waals surface area contributed by atoms with Crippen molar-refractivity contribution in [3.63, 3.8) is 0 Å². The van der Waals surface area contributed by atoms with Gasteiger partial charge in [0.15, 0.2) is 0 Å². The molecule has 2 rings (SSSR count). The summed E-state index contributed by atoms with van der Waals surface area (Å²) in [6.07, 6.45) is -5.73. The molecule has 1 aromatic carbocycles. The average molecular weight is 303 g/mol. The van der Waals surface area contributed by atoms with E-state index in [2.05, 4.69) is 0 Å².